The molecule has 0 unspecified atom stereocenters. The Labute approximate surface area is 140 Å². The molecule has 126 valence electrons. The van der Waals surface area contributed by atoms with Gasteiger partial charge in [-0.3, -0.25) is 9.69 Å². The first-order valence-corrected chi connectivity index (χ1v) is 7.96. The van der Waals surface area contributed by atoms with E-state index in [4.69, 9.17) is 4.52 Å². The van der Waals surface area contributed by atoms with E-state index in [0.717, 1.165) is 22.4 Å². The van der Waals surface area contributed by atoms with Crippen LogP contribution in [0.3, 0.4) is 0 Å². The molecule has 1 N–H and O–H groups in total. The van der Waals surface area contributed by atoms with Gasteiger partial charge in [0.15, 0.2) is 5.82 Å². The van der Waals surface area contributed by atoms with E-state index >= 15 is 0 Å². The number of carbonyl (C=O) groups excluding carboxylic acids is 2. The molecule has 1 aliphatic heterocycles. The number of rotatable bonds is 5. The van der Waals surface area contributed by atoms with Crippen molar-refractivity contribution in [1.29, 1.82) is 0 Å². The summed E-state index contributed by atoms with van der Waals surface area (Å²) in [5.74, 6) is 0.516. The second kappa shape index (κ2) is 6.07. The third-order valence-electron chi connectivity index (χ3n) is 4.18. The van der Waals surface area contributed by atoms with Gasteiger partial charge in [-0.1, -0.05) is 41.9 Å². The van der Waals surface area contributed by atoms with Gasteiger partial charge in [0.05, 0.1) is 0 Å². The summed E-state index contributed by atoms with van der Waals surface area (Å²) >= 11 is 0. The van der Waals surface area contributed by atoms with Crippen molar-refractivity contribution >= 4 is 11.9 Å². The Morgan fingerprint density at radius 1 is 1.25 bits per heavy atom. The molecule has 3 amide bonds. The largest absolute Gasteiger partial charge is 0.337 e. The van der Waals surface area contributed by atoms with Crippen molar-refractivity contribution < 1.29 is 14.1 Å². The van der Waals surface area contributed by atoms with E-state index in [0.29, 0.717) is 12.2 Å². The number of urea groups is 1. The molecule has 0 bridgehead atoms. The van der Waals surface area contributed by atoms with Crippen LogP contribution >= 0.6 is 0 Å². The fourth-order valence-corrected chi connectivity index (χ4v) is 2.74. The third kappa shape index (κ3) is 2.77. The summed E-state index contributed by atoms with van der Waals surface area (Å²) in [4.78, 5) is 30.4. The molecule has 1 atom stereocenters. The molecule has 7 heteroatoms. The Morgan fingerprint density at radius 3 is 2.62 bits per heavy atom. The Hall–Kier alpha value is -2.70. The summed E-state index contributed by atoms with van der Waals surface area (Å²) in [7, 11) is 0. The van der Waals surface area contributed by atoms with Crippen molar-refractivity contribution in [2.75, 3.05) is 0 Å². The highest BCUT2D eigenvalue weighted by atomic mass is 16.5. The van der Waals surface area contributed by atoms with Gasteiger partial charge in [0.1, 0.15) is 12.1 Å². The minimum absolute atomic E-state index is 0.0250. The van der Waals surface area contributed by atoms with E-state index in [1.165, 1.54) is 0 Å². The number of aromatic nitrogens is 2. The van der Waals surface area contributed by atoms with Gasteiger partial charge in [0.25, 0.3) is 5.91 Å². The Morgan fingerprint density at radius 2 is 1.96 bits per heavy atom. The highest BCUT2D eigenvalue weighted by Crippen LogP contribution is 2.29. The van der Waals surface area contributed by atoms with Crippen LogP contribution in [0, 0.1) is 6.92 Å². The smallest absolute Gasteiger partial charge is 0.325 e. The van der Waals surface area contributed by atoms with Crippen molar-refractivity contribution in [2.24, 2.45) is 0 Å². The molecule has 7 nitrogen and oxygen atoms in total. The number of amides is 3. The molecular formula is C17H20N4O3. The number of hydrogen-bond donors (Lipinski definition) is 1. The molecule has 0 spiro atoms. The second-order valence-corrected chi connectivity index (χ2v) is 6.17. The number of nitrogens with zero attached hydrogens (tertiary/aromatic N) is 3. The fourth-order valence-electron chi connectivity index (χ4n) is 2.74. The lowest BCUT2D eigenvalue weighted by Crippen LogP contribution is -2.40. The molecule has 3 rings (SSSR count). The summed E-state index contributed by atoms with van der Waals surface area (Å²) in [6.07, 6.45) is 1.60. The predicted octanol–water partition coefficient (Wildman–Crippen LogP) is 2.30. The Bertz CT molecular complexity index is 768. The van der Waals surface area contributed by atoms with E-state index in [9.17, 15) is 9.59 Å². The molecule has 0 aliphatic carbocycles. The zero-order chi connectivity index (χ0) is 17.3. The average molecular weight is 328 g/mol. The normalized spacial score (nSPS) is 20.5. The van der Waals surface area contributed by atoms with Crippen LogP contribution in [-0.2, 0) is 23.3 Å². The first-order chi connectivity index (χ1) is 11.4. The number of nitrogens with one attached hydrogen (secondary N) is 1. The van der Waals surface area contributed by atoms with Gasteiger partial charge in [0, 0.05) is 6.42 Å². The van der Waals surface area contributed by atoms with Crippen LogP contribution in [0.15, 0.2) is 28.8 Å². The molecule has 24 heavy (non-hydrogen) atoms. The molecule has 0 saturated carbocycles. The monoisotopic (exact) mass is 328 g/mol. The summed E-state index contributed by atoms with van der Waals surface area (Å²) in [5.41, 5.74) is 0.744. The van der Waals surface area contributed by atoms with E-state index in [1.807, 2.05) is 38.1 Å². The van der Waals surface area contributed by atoms with Crippen LogP contribution in [0.4, 0.5) is 4.79 Å². The fraction of sp³-hybridized carbons (Fsp3) is 0.412. The van der Waals surface area contributed by atoms with Gasteiger partial charge in [-0.05, 0) is 25.8 Å². The maximum absolute atomic E-state index is 12.8. The van der Waals surface area contributed by atoms with Gasteiger partial charge < -0.3 is 9.84 Å². The van der Waals surface area contributed by atoms with Crippen LogP contribution in [0.1, 0.15) is 43.1 Å². The van der Waals surface area contributed by atoms with Crippen LogP contribution in [0.5, 0.6) is 0 Å². The number of benzene rings is 1. The maximum Gasteiger partial charge on any atom is 0.325 e. The zero-order valence-corrected chi connectivity index (χ0v) is 14.0. The van der Waals surface area contributed by atoms with Crippen molar-refractivity contribution in [3.63, 3.8) is 0 Å². The van der Waals surface area contributed by atoms with Gasteiger partial charge in [-0.25, -0.2) is 4.79 Å². The zero-order valence-electron chi connectivity index (χ0n) is 14.0. The summed E-state index contributed by atoms with van der Waals surface area (Å²) in [6, 6.07) is 7.07. The molecule has 1 saturated heterocycles. The Kier molecular flexibility index (Phi) is 4.09. The van der Waals surface area contributed by atoms with Crippen molar-refractivity contribution in [1.82, 2.24) is 20.4 Å². The lowest BCUT2D eigenvalue weighted by Gasteiger charge is -2.22. The van der Waals surface area contributed by atoms with E-state index in [1.54, 1.807) is 6.92 Å². The van der Waals surface area contributed by atoms with Gasteiger partial charge in [0.2, 0.25) is 5.89 Å². The lowest BCUT2D eigenvalue weighted by atomic mass is 9.91. The van der Waals surface area contributed by atoms with Gasteiger partial charge >= 0.3 is 6.03 Å². The molecule has 1 fully saturated rings. The second-order valence-electron chi connectivity index (χ2n) is 6.17. The SMILES string of the molecule is CCCc1noc(CN2C(=O)N[C@@](C)(c3ccc(C)cc3)C2=O)n1. The number of imide groups is 1. The molecule has 2 heterocycles. The molecule has 1 aromatic carbocycles. The standard InChI is InChI=1S/C17H20N4O3/c1-4-5-13-18-14(24-20-13)10-21-15(22)17(3,19-16(21)23)12-8-6-11(2)7-9-12/h6-9H,4-5,10H2,1-3H3,(H,19,23)/t17-/m0/s1. The highest BCUT2D eigenvalue weighted by Gasteiger charge is 2.49. The van der Waals surface area contributed by atoms with Crippen LogP contribution in [-0.4, -0.2) is 27.0 Å². The Balaban J connectivity index is 1.81. The summed E-state index contributed by atoms with van der Waals surface area (Å²) in [6.45, 7) is 5.66. The van der Waals surface area contributed by atoms with Crippen molar-refractivity contribution in [3.05, 3.63) is 47.1 Å². The predicted molar refractivity (Wildman–Crippen MR) is 85.9 cm³/mol. The third-order valence-corrected chi connectivity index (χ3v) is 4.18. The number of aryl methyl sites for hydroxylation is 2. The average Bonchev–Trinajstić information content (AvgIpc) is 3.07. The van der Waals surface area contributed by atoms with E-state index in [-0.39, 0.29) is 18.3 Å². The van der Waals surface area contributed by atoms with Gasteiger partial charge in [-0.15, -0.1) is 0 Å². The van der Waals surface area contributed by atoms with E-state index < -0.39 is 11.6 Å². The van der Waals surface area contributed by atoms with Crippen molar-refractivity contribution in [3.8, 4) is 0 Å². The summed E-state index contributed by atoms with van der Waals surface area (Å²) < 4.78 is 5.13. The first-order valence-electron chi connectivity index (χ1n) is 7.96. The molecule has 1 aromatic heterocycles. The first kappa shape index (κ1) is 16.2. The molecular weight excluding hydrogens is 308 g/mol. The van der Waals surface area contributed by atoms with Crippen LogP contribution in [0.2, 0.25) is 0 Å². The minimum atomic E-state index is -1.09. The van der Waals surface area contributed by atoms with Crippen molar-refractivity contribution in [2.45, 2.75) is 45.7 Å². The maximum atomic E-state index is 12.8. The number of carbonyl (C=O) groups is 2. The minimum Gasteiger partial charge on any atom is -0.337 e. The summed E-state index contributed by atoms with van der Waals surface area (Å²) in [5, 5.41) is 6.61. The lowest BCUT2D eigenvalue weighted by molar-refractivity contribution is -0.131. The quantitative estimate of drug-likeness (QED) is 0.851. The van der Waals surface area contributed by atoms with Crippen LogP contribution < -0.4 is 5.32 Å². The topological polar surface area (TPSA) is 88.3 Å². The molecule has 2 aromatic rings. The van der Waals surface area contributed by atoms with Gasteiger partial charge in [-0.2, -0.15) is 4.98 Å². The van der Waals surface area contributed by atoms with Crippen LogP contribution in [0.25, 0.3) is 0 Å². The highest BCUT2D eigenvalue weighted by molar-refractivity contribution is 6.07. The molecule has 1 aliphatic rings. The number of hydrogen-bond acceptors (Lipinski definition) is 5. The molecule has 0 radical (unpaired) electrons. The van der Waals surface area contributed by atoms with E-state index in [2.05, 4.69) is 15.5 Å².